The fourth-order valence-electron chi connectivity index (χ4n) is 2.06. The zero-order valence-corrected chi connectivity index (χ0v) is 12.0. The van der Waals surface area contributed by atoms with Crippen molar-refractivity contribution in [2.45, 2.75) is 51.0 Å². The first kappa shape index (κ1) is 16.4. The summed E-state index contributed by atoms with van der Waals surface area (Å²) in [7, 11) is -3.24. The number of rotatable bonds is 10. The summed E-state index contributed by atoms with van der Waals surface area (Å²) in [5.74, 6) is -0.733. The molecule has 1 atom stereocenters. The number of ether oxygens (including phenoxy) is 1. The van der Waals surface area contributed by atoms with Gasteiger partial charge in [0.05, 0.1) is 11.9 Å². The Morgan fingerprint density at radius 2 is 2.00 bits per heavy atom. The number of nitrogens with one attached hydrogen (secondary N) is 1. The second-order valence-electron chi connectivity index (χ2n) is 4.87. The van der Waals surface area contributed by atoms with E-state index in [2.05, 4.69) is 4.72 Å². The fourth-order valence-corrected chi connectivity index (χ4v) is 3.39. The number of carbonyl (C=O) groups is 1. The van der Waals surface area contributed by atoms with Gasteiger partial charge in [-0.3, -0.25) is 4.79 Å². The van der Waals surface area contributed by atoms with Gasteiger partial charge in [-0.1, -0.05) is 12.8 Å². The monoisotopic (exact) mass is 293 g/mol. The number of aliphatic carboxylic acids is 1. The smallest absolute Gasteiger partial charge is 0.303 e. The van der Waals surface area contributed by atoms with Gasteiger partial charge in [0, 0.05) is 19.6 Å². The van der Waals surface area contributed by atoms with Gasteiger partial charge in [-0.05, 0) is 25.7 Å². The molecule has 0 radical (unpaired) electrons. The quantitative estimate of drug-likeness (QED) is 0.589. The van der Waals surface area contributed by atoms with Crippen molar-refractivity contribution in [2.75, 3.05) is 18.9 Å². The van der Waals surface area contributed by atoms with Crippen LogP contribution in [0.2, 0.25) is 0 Å². The molecule has 0 spiro atoms. The van der Waals surface area contributed by atoms with Crippen molar-refractivity contribution in [1.29, 1.82) is 0 Å². The number of carboxylic acids is 1. The second-order valence-corrected chi connectivity index (χ2v) is 6.72. The molecule has 1 rings (SSSR count). The van der Waals surface area contributed by atoms with E-state index in [0.717, 1.165) is 32.1 Å². The minimum atomic E-state index is -3.24. The zero-order valence-electron chi connectivity index (χ0n) is 11.1. The normalized spacial score (nSPS) is 19.7. The molecule has 0 bridgehead atoms. The van der Waals surface area contributed by atoms with E-state index < -0.39 is 16.0 Å². The fraction of sp³-hybridized carbons (Fsp3) is 0.917. The lowest BCUT2D eigenvalue weighted by Gasteiger charge is -2.11. The Kier molecular flexibility index (Phi) is 7.33. The van der Waals surface area contributed by atoms with E-state index in [1.54, 1.807) is 0 Å². The molecule has 0 saturated carbocycles. The van der Waals surface area contributed by atoms with E-state index in [1.165, 1.54) is 0 Å². The highest BCUT2D eigenvalue weighted by atomic mass is 32.2. The second kappa shape index (κ2) is 8.50. The van der Waals surface area contributed by atoms with Crippen LogP contribution in [0.15, 0.2) is 0 Å². The lowest BCUT2D eigenvalue weighted by atomic mass is 10.1. The van der Waals surface area contributed by atoms with Gasteiger partial charge in [0.15, 0.2) is 0 Å². The van der Waals surface area contributed by atoms with Crippen molar-refractivity contribution < 1.29 is 23.1 Å². The van der Waals surface area contributed by atoms with E-state index >= 15 is 0 Å². The third kappa shape index (κ3) is 8.18. The molecule has 1 unspecified atom stereocenters. The lowest BCUT2D eigenvalue weighted by Crippen LogP contribution is -2.32. The maximum absolute atomic E-state index is 11.7. The Balaban J connectivity index is 2.02. The highest BCUT2D eigenvalue weighted by Gasteiger charge is 2.22. The Labute approximate surface area is 114 Å². The summed E-state index contributed by atoms with van der Waals surface area (Å²) in [6.07, 6.45) is 4.83. The van der Waals surface area contributed by atoms with Gasteiger partial charge in [0.1, 0.15) is 0 Å². The van der Waals surface area contributed by atoms with Gasteiger partial charge in [-0.2, -0.15) is 0 Å². The third-order valence-electron chi connectivity index (χ3n) is 3.07. The molecule has 0 aromatic rings. The average molecular weight is 293 g/mol. The first-order chi connectivity index (χ1) is 8.99. The van der Waals surface area contributed by atoms with Crippen molar-refractivity contribution >= 4 is 16.0 Å². The maximum atomic E-state index is 11.7. The summed E-state index contributed by atoms with van der Waals surface area (Å²) in [6, 6.07) is 0. The predicted molar refractivity (Wildman–Crippen MR) is 71.5 cm³/mol. The molecule has 112 valence electrons. The average Bonchev–Trinajstić information content (AvgIpc) is 2.79. The largest absolute Gasteiger partial charge is 0.481 e. The van der Waals surface area contributed by atoms with Crippen molar-refractivity contribution in [2.24, 2.45) is 0 Å². The molecule has 2 N–H and O–H groups in total. The Morgan fingerprint density at radius 3 is 2.63 bits per heavy atom. The highest BCUT2D eigenvalue weighted by molar-refractivity contribution is 7.89. The summed E-state index contributed by atoms with van der Waals surface area (Å²) in [6.45, 7) is 1.08. The molecule has 1 fully saturated rings. The van der Waals surface area contributed by atoms with Crippen molar-refractivity contribution in [1.82, 2.24) is 4.72 Å². The maximum Gasteiger partial charge on any atom is 0.303 e. The molecule has 1 heterocycles. The van der Waals surface area contributed by atoms with Crippen LogP contribution >= 0.6 is 0 Å². The first-order valence-corrected chi connectivity index (χ1v) is 8.45. The molecule has 6 nitrogen and oxygen atoms in total. The van der Waals surface area contributed by atoms with Crippen molar-refractivity contribution in [3.8, 4) is 0 Å². The number of hydrogen-bond donors (Lipinski definition) is 2. The van der Waals surface area contributed by atoms with Crippen LogP contribution in [-0.2, 0) is 19.6 Å². The molecular weight excluding hydrogens is 270 g/mol. The summed E-state index contributed by atoms with van der Waals surface area (Å²) in [4.78, 5) is 10.3. The number of unbranched alkanes of at least 4 members (excludes halogenated alkanes) is 3. The molecular formula is C12H23NO5S. The van der Waals surface area contributed by atoms with Gasteiger partial charge in [-0.15, -0.1) is 0 Å². The standard InChI is InChI=1S/C12H23NO5S/c14-12(15)7-3-1-2-4-8-13-19(16,17)10-11-6-5-9-18-11/h11,13H,1-10H2,(H,14,15). The molecule has 0 aromatic carbocycles. The van der Waals surface area contributed by atoms with Gasteiger partial charge in [0.25, 0.3) is 0 Å². The van der Waals surface area contributed by atoms with E-state index in [4.69, 9.17) is 9.84 Å². The first-order valence-electron chi connectivity index (χ1n) is 6.80. The minimum absolute atomic E-state index is 0.0476. The molecule has 7 heteroatoms. The molecule has 0 aromatic heterocycles. The molecule has 19 heavy (non-hydrogen) atoms. The SMILES string of the molecule is O=C(O)CCCCCCNS(=O)(=O)CC1CCCO1. The van der Waals surface area contributed by atoms with Crippen LogP contribution in [0.1, 0.15) is 44.9 Å². The van der Waals surface area contributed by atoms with E-state index in [0.29, 0.717) is 19.6 Å². The van der Waals surface area contributed by atoms with Gasteiger partial charge >= 0.3 is 5.97 Å². The highest BCUT2D eigenvalue weighted by Crippen LogP contribution is 2.13. The molecule has 1 aliphatic heterocycles. The number of carboxylic acid groups (broad SMARTS) is 1. The van der Waals surface area contributed by atoms with Crippen molar-refractivity contribution in [3.63, 3.8) is 0 Å². The van der Waals surface area contributed by atoms with Gasteiger partial charge in [-0.25, -0.2) is 13.1 Å². The van der Waals surface area contributed by atoms with Crippen LogP contribution in [0.3, 0.4) is 0 Å². The predicted octanol–water partition coefficient (Wildman–Crippen LogP) is 1.12. The summed E-state index contributed by atoms with van der Waals surface area (Å²) in [5, 5.41) is 8.46. The lowest BCUT2D eigenvalue weighted by molar-refractivity contribution is -0.137. The minimum Gasteiger partial charge on any atom is -0.481 e. The topological polar surface area (TPSA) is 92.7 Å². The van der Waals surface area contributed by atoms with E-state index in [1.807, 2.05) is 0 Å². The molecule has 0 amide bonds. The van der Waals surface area contributed by atoms with Crippen molar-refractivity contribution in [3.05, 3.63) is 0 Å². The molecule has 0 aliphatic carbocycles. The van der Waals surface area contributed by atoms with Gasteiger partial charge < -0.3 is 9.84 Å². The third-order valence-corrected chi connectivity index (χ3v) is 4.52. The summed E-state index contributed by atoms with van der Waals surface area (Å²) in [5.41, 5.74) is 0. The van der Waals surface area contributed by atoms with E-state index in [9.17, 15) is 13.2 Å². The Hall–Kier alpha value is -0.660. The van der Waals surface area contributed by atoms with E-state index in [-0.39, 0.29) is 18.3 Å². The van der Waals surface area contributed by atoms with Crippen LogP contribution in [0.25, 0.3) is 0 Å². The Bertz CT molecular complexity index is 362. The van der Waals surface area contributed by atoms with Crippen LogP contribution in [0, 0.1) is 0 Å². The summed E-state index contributed by atoms with van der Waals surface area (Å²) >= 11 is 0. The Morgan fingerprint density at radius 1 is 1.26 bits per heavy atom. The van der Waals surface area contributed by atoms with Gasteiger partial charge in [0.2, 0.25) is 10.0 Å². The number of sulfonamides is 1. The summed E-state index contributed by atoms with van der Waals surface area (Å²) < 4.78 is 31.2. The number of hydrogen-bond acceptors (Lipinski definition) is 4. The van der Waals surface area contributed by atoms with Crippen LogP contribution in [0.4, 0.5) is 0 Å². The molecule has 1 saturated heterocycles. The van der Waals surface area contributed by atoms with Crippen LogP contribution < -0.4 is 4.72 Å². The van der Waals surface area contributed by atoms with Crippen LogP contribution in [0.5, 0.6) is 0 Å². The molecule has 1 aliphatic rings. The van der Waals surface area contributed by atoms with Crippen LogP contribution in [-0.4, -0.2) is 44.5 Å². The zero-order chi connectivity index (χ0) is 14.1.